The van der Waals surface area contributed by atoms with Gasteiger partial charge >= 0.3 is 0 Å². The van der Waals surface area contributed by atoms with Gasteiger partial charge in [-0.2, -0.15) is 0 Å². The maximum Gasteiger partial charge on any atom is 0.232 e. The number of rotatable bonds is 6. The Morgan fingerprint density at radius 1 is 1.14 bits per heavy atom. The molecule has 1 aliphatic carbocycles. The van der Waals surface area contributed by atoms with Crippen molar-refractivity contribution in [3.8, 4) is 11.6 Å². The molecule has 0 unspecified atom stereocenters. The molecule has 1 aromatic heterocycles. The van der Waals surface area contributed by atoms with Crippen LogP contribution >= 0.6 is 23.2 Å². The molecule has 198 valence electrons. The standard InChI is InChI=1S/C20H22Cl2N2O3.C6H10O.CH4O/c1-11(2)18(15-7-6-14(25)9-16(15)21)24-19(26-5)13-8-17(22)20(23-10-13)27-12(3)4;7-5-6-3-1-2-4-6;1-2/h6-10,12,25H,1-5H3;5-6H,1-4H2;2H,1H3. The van der Waals surface area contributed by atoms with Gasteiger partial charge in [0.2, 0.25) is 11.8 Å². The highest BCUT2D eigenvalue weighted by molar-refractivity contribution is 6.33. The Kier molecular flexibility index (Phi) is 14.1. The van der Waals surface area contributed by atoms with Crippen molar-refractivity contribution in [3.05, 3.63) is 57.2 Å². The number of ether oxygens (including phenoxy) is 2. The molecule has 0 bridgehead atoms. The molecule has 9 heteroatoms. The minimum Gasteiger partial charge on any atom is -0.508 e. The molecule has 7 nitrogen and oxygen atoms in total. The van der Waals surface area contributed by atoms with E-state index in [0.717, 1.165) is 31.8 Å². The number of aliphatic hydroxyl groups is 1. The Labute approximate surface area is 223 Å². The van der Waals surface area contributed by atoms with E-state index < -0.39 is 0 Å². The van der Waals surface area contributed by atoms with Crippen molar-refractivity contribution in [2.75, 3.05) is 14.2 Å². The molecule has 1 aromatic carbocycles. The zero-order valence-electron chi connectivity index (χ0n) is 21.7. The summed E-state index contributed by atoms with van der Waals surface area (Å²) >= 11 is 12.6. The molecule has 2 aromatic rings. The monoisotopic (exact) mass is 538 g/mol. The third-order valence-electron chi connectivity index (χ3n) is 5.08. The third-order valence-corrected chi connectivity index (χ3v) is 5.67. The fraction of sp³-hybridized carbons (Fsp3) is 0.444. The van der Waals surface area contributed by atoms with Gasteiger partial charge in [-0.05, 0) is 70.4 Å². The van der Waals surface area contributed by atoms with Gasteiger partial charge in [-0.15, -0.1) is 0 Å². The molecule has 1 heterocycles. The van der Waals surface area contributed by atoms with E-state index in [2.05, 4.69) is 9.98 Å². The van der Waals surface area contributed by atoms with E-state index in [1.165, 1.54) is 26.0 Å². The summed E-state index contributed by atoms with van der Waals surface area (Å²) in [5.74, 6) is 1.19. The molecule has 3 rings (SSSR count). The second-order valence-electron chi connectivity index (χ2n) is 8.49. The molecule has 0 radical (unpaired) electrons. The van der Waals surface area contributed by atoms with E-state index in [9.17, 15) is 9.90 Å². The quantitative estimate of drug-likeness (QED) is 0.240. The molecule has 36 heavy (non-hydrogen) atoms. The summed E-state index contributed by atoms with van der Waals surface area (Å²) in [5, 5.41) is 17.3. The maximum absolute atomic E-state index is 10.0. The van der Waals surface area contributed by atoms with Gasteiger partial charge in [-0.1, -0.05) is 36.0 Å². The number of aliphatic hydroxyl groups excluding tert-OH is 1. The van der Waals surface area contributed by atoms with Gasteiger partial charge in [0.25, 0.3) is 0 Å². The van der Waals surface area contributed by atoms with Crippen molar-refractivity contribution >= 4 is 41.1 Å². The van der Waals surface area contributed by atoms with E-state index in [4.69, 9.17) is 37.8 Å². The van der Waals surface area contributed by atoms with Crippen LogP contribution in [0, 0.1) is 5.92 Å². The third kappa shape index (κ3) is 9.80. The number of carbonyl (C=O) groups excluding carboxylic acids is 1. The number of aromatic nitrogens is 1. The van der Waals surface area contributed by atoms with E-state index in [1.54, 1.807) is 24.4 Å². The van der Waals surface area contributed by atoms with Crippen molar-refractivity contribution < 1.29 is 24.5 Å². The predicted octanol–water partition coefficient (Wildman–Crippen LogP) is 6.71. The van der Waals surface area contributed by atoms with Crippen LogP contribution in [0.15, 0.2) is 41.0 Å². The first-order valence-corrected chi connectivity index (χ1v) is 12.4. The highest BCUT2D eigenvalue weighted by Crippen LogP contribution is 2.31. The minimum atomic E-state index is -0.0367. The average molecular weight is 540 g/mol. The highest BCUT2D eigenvalue weighted by atomic mass is 35.5. The van der Waals surface area contributed by atoms with Crippen molar-refractivity contribution in [3.63, 3.8) is 0 Å². The van der Waals surface area contributed by atoms with Crippen LogP contribution in [-0.4, -0.2) is 47.7 Å². The van der Waals surface area contributed by atoms with Gasteiger partial charge in [0, 0.05) is 24.8 Å². The van der Waals surface area contributed by atoms with Crippen molar-refractivity contribution in [2.24, 2.45) is 10.9 Å². The first kappa shape index (κ1) is 31.4. The Bertz CT molecular complexity index is 1040. The van der Waals surface area contributed by atoms with Crippen LogP contribution in [0.5, 0.6) is 11.6 Å². The molecule has 0 amide bonds. The number of benzene rings is 1. The number of phenols is 1. The first-order chi connectivity index (χ1) is 17.2. The molecule has 1 fully saturated rings. The number of methoxy groups -OCH3 is 1. The summed E-state index contributed by atoms with van der Waals surface area (Å²) in [6, 6.07) is 6.43. The van der Waals surface area contributed by atoms with E-state index >= 15 is 0 Å². The maximum atomic E-state index is 10.0. The minimum absolute atomic E-state index is 0.0367. The second kappa shape index (κ2) is 16.2. The number of hydrogen-bond acceptors (Lipinski definition) is 7. The summed E-state index contributed by atoms with van der Waals surface area (Å²) in [7, 11) is 2.52. The van der Waals surface area contributed by atoms with E-state index in [-0.39, 0.29) is 11.9 Å². The topological polar surface area (TPSA) is 101 Å². The van der Waals surface area contributed by atoms with Gasteiger partial charge < -0.3 is 24.5 Å². The number of carbonyl (C=O) groups is 1. The lowest BCUT2D eigenvalue weighted by molar-refractivity contribution is -0.110. The van der Waals surface area contributed by atoms with Crippen LogP contribution in [0.3, 0.4) is 0 Å². The number of pyridine rings is 1. The smallest absolute Gasteiger partial charge is 0.232 e. The first-order valence-electron chi connectivity index (χ1n) is 11.7. The number of nitrogens with zero attached hydrogens (tertiary/aromatic N) is 2. The van der Waals surface area contributed by atoms with Crippen LogP contribution in [0.2, 0.25) is 10.0 Å². The summed E-state index contributed by atoms with van der Waals surface area (Å²) < 4.78 is 11.0. The fourth-order valence-electron chi connectivity index (χ4n) is 3.41. The van der Waals surface area contributed by atoms with Crippen LogP contribution < -0.4 is 4.74 Å². The summed E-state index contributed by atoms with van der Waals surface area (Å²) in [6.07, 6.45) is 7.46. The lowest BCUT2D eigenvalue weighted by atomic mass is 10.1. The van der Waals surface area contributed by atoms with E-state index in [1.807, 2.05) is 27.7 Å². The second-order valence-corrected chi connectivity index (χ2v) is 9.31. The SMILES string of the molecule is CO.COC(=NC(=C(C)C)c1ccc(O)cc1Cl)c1cnc(OC(C)C)c(Cl)c1.O=CC1CCCC1. The molecular weight excluding hydrogens is 503 g/mol. The Morgan fingerprint density at radius 3 is 2.22 bits per heavy atom. The Balaban J connectivity index is 0.000000609. The summed E-state index contributed by atoms with van der Waals surface area (Å²) in [6.45, 7) is 7.63. The number of aromatic hydroxyl groups is 1. The van der Waals surface area contributed by atoms with Gasteiger partial charge in [0.05, 0.1) is 29.5 Å². The normalized spacial score (nSPS) is 13.2. The van der Waals surface area contributed by atoms with Crippen molar-refractivity contribution in [1.82, 2.24) is 4.98 Å². The summed E-state index contributed by atoms with van der Waals surface area (Å²) in [4.78, 5) is 18.9. The van der Waals surface area contributed by atoms with Gasteiger partial charge in [-0.25, -0.2) is 9.98 Å². The van der Waals surface area contributed by atoms with Gasteiger partial charge in [0.1, 0.15) is 17.1 Å². The molecule has 0 atom stereocenters. The van der Waals surface area contributed by atoms with E-state index in [0.29, 0.717) is 44.6 Å². The molecule has 0 aliphatic heterocycles. The van der Waals surface area contributed by atoms with Gasteiger partial charge in [-0.3, -0.25) is 0 Å². The Morgan fingerprint density at radius 2 is 1.78 bits per heavy atom. The zero-order valence-corrected chi connectivity index (χ0v) is 23.2. The van der Waals surface area contributed by atoms with Crippen molar-refractivity contribution in [1.29, 1.82) is 0 Å². The number of aliphatic imine (C=N–C) groups is 1. The molecular formula is C27H36Cl2N2O5. The van der Waals surface area contributed by atoms with Crippen molar-refractivity contribution in [2.45, 2.75) is 59.5 Å². The fourth-order valence-corrected chi connectivity index (χ4v) is 3.89. The molecule has 0 saturated heterocycles. The van der Waals surface area contributed by atoms with Crippen LogP contribution in [0.25, 0.3) is 5.70 Å². The lowest BCUT2D eigenvalue weighted by Crippen LogP contribution is -2.09. The Hall–Kier alpha value is -2.61. The van der Waals surface area contributed by atoms with Crippen LogP contribution in [0.4, 0.5) is 0 Å². The zero-order chi connectivity index (χ0) is 27.3. The molecule has 0 spiro atoms. The molecule has 1 saturated carbocycles. The number of halogens is 2. The lowest BCUT2D eigenvalue weighted by Gasteiger charge is -2.13. The van der Waals surface area contributed by atoms with Crippen LogP contribution in [-0.2, 0) is 9.53 Å². The molecule has 2 N–H and O–H groups in total. The summed E-state index contributed by atoms with van der Waals surface area (Å²) in [5.41, 5.74) is 2.85. The number of aldehydes is 1. The number of hydrogen-bond donors (Lipinski definition) is 2. The largest absolute Gasteiger partial charge is 0.508 e. The van der Waals surface area contributed by atoms with Crippen LogP contribution in [0.1, 0.15) is 64.5 Å². The average Bonchev–Trinajstić information content (AvgIpc) is 3.37. The number of allylic oxidation sites excluding steroid dienone is 1. The molecule has 1 aliphatic rings. The number of phenolic OH excluding ortho intramolecular Hbond substituents is 1. The predicted molar refractivity (Wildman–Crippen MR) is 146 cm³/mol. The highest BCUT2D eigenvalue weighted by Gasteiger charge is 2.15. The van der Waals surface area contributed by atoms with Gasteiger partial charge in [0.15, 0.2) is 0 Å².